The third kappa shape index (κ3) is 3.76. The molecule has 2 rings (SSSR count). The molecule has 19 heavy (non-hydrogen) atoms. The van der Waals surface area contributed by atoms with E-state index in [1.54, 1.807) is 6.08 Å². The maximum Gasteiger partial charge on any atom is 0.328 e. The molecule has 0 amide bonds. The van der Waals surface area contributed by atoms with Gasteiger partial charge in [-0.05, 0) is 30.7 Å². The molecule has 0 saturated carbocycles. The van der Waals surface area contributed by atoms with Crippen LogP contribution in [0.2, 0.25) is 0 Å². The average Bonchev–Trinajstić information content (AvgIpc) is 2.37. The molecule has 1 aromatic rings. The Hall–Kier alpha value is -0.940. The Balaban J connectivity index is 2.36. The van der Waals surface area contributed by atoms with Crippen molar-refractivity contribution >= 4 is 45.4 Å². The molecule has 1 fully saturated rings. The largest absolute Gasteiger partial charge is 0.478 e. The second kappa shape index (κ2) is 6.48. The molecule has 1 heterocycles. The number of carbonyl (C=O) groups is 1. The van der Waals surface area contributed by atoms with E-state index in [0.717, 1.165) is 33.8 Å². The van der Waals surface area contributed by atoms with Crippen LogP contribution in [0.15, 0.2) is 28.7 Å². The zero-order chi connectivity index (χ0) is 13.8. The van der Waals surface area contributed by atoms with Crippen LogP contribution in [-0.2, 0) is 4.79 Å². The van der Waals surface area contributed by atoms with Crippen LogP contribution in [-0.4, -0.2) is 35.2 Å². The van der Waals surface area contributed by atoms with Crippen molar-refractivity contribution in [2.24, 2.45) is 0 Å². The van der Waals surface area contributed by atoms with E-state index in [2.05, 4.69) is 33.8 Å². The highest BCUT2D eigenvalue weighted by molar-refractivity contribution is 9.10. The summed E-state index contributed by atoms with van der Waals surface area (Å²) in [5.74, 6) is 1.30. The number of thioether (sulfide) groups is 1. The van der Waals surface area contributed by atoms with E-state index < -0.39 is 5.97 Å². The predicted octanol–water partition coefficient (Wildman–Crippen LogP) is 3.49. The SMILES string of the molecule is CC1CSCCN1c1cc(Br)ccc1C=CC(=O)O. The standard InChI is InChI=1S/C14H16BrNO2S/c1-10-9-19-7-6-16(10)13-8-12(15)4-2-11(13)3-5-14(17)18/h2-5,8,10H,6-7,9H2,1H3,(H,17,18). The summed E-state index contributed by atoms with van der Waals surface area (Å²) >= 11 is 5.45. The maximum absolute atomic E-state index is 10.7. The van der Waals surface area contributed by atoms with E-state index in [9.17, 15) is 4.79 Å². The summed E-state index contributed by atoms with van der Waals surface area (Å²) < 4.78 is 1.01. The molecule has 1 unspecified atom stereocenters. The summed E-state index contributed by atoms with van der Waals surface area (Å²) in [6.07, 6.45) is 2.86. The minimum Gasteiger partial charge on any atom is -0.478 e. The monoisotopic (exact) mass is 341 g/mol. The van der Waals surface area contributed by atoms with Gasteiger partial charge < -0.3 is 10.0 Å². The number of aliphatic carboxylic acids is 1. The second-order valence-corrected chi connectivity index (χ2v) is 6.56. The number of halogens is 1. The number of hydrogen-bond acceptors (Lipinski definition) is 3. The lowest BCUT2D eigenvalue weighted by Crippen LogP contribution is -2.40. The van der Waals surface area contributed by atoms with Gasteiger partial charge in [0.25, 0.3) is 0 Å². The fourth-order valence-electron chi connectivity index (χ4n) is 2.15. The number of carboxylic acids is 1. The number of nitrogens with zero attached hydrogens (tertiary/aromatic N) is 1. The summed E-state index contributed by atoms with van der Waals surface area (Å²) in [5, 5.41) is 8.77. The van der Waals surface area contributed by atoms with E-state index in [-0.39, 0.29) is 0 Å². The predicted molar refractivity (Wildman–Crippen MR) is 84.9 cm³/mol. The molecule has 102 valence electrons. The number of benzene rings is 1. The van der Waals surface area contributed by atoms with Crippen molar-refractivity contribution in [3.8, 4) is 0 Å². The van der Waals surface area contributed by atoms with Gasteiger partial charge in [-0.25, -0.2) is 4.79 Å². The van der Waals surface area contributed by atoms with Crippen molar-refractivity contribution in [2.45, 2.75) is 13.0 Å². The lowest BCUT2D eigenvalue weighted by Gasteiger charge is -2.36. The van der Waals surface area contributed by atoms with Crippen molar-refractivity contribution in [3.05, 3.63) is 34.3 Å². The number of anilines is 1. The maximum atomic E-state index is 10.7. The molecule has 1 atom stereocenters. The Kier molecular flexibility index (Phi) is 4.93. The smallest absolute Gasteiger partial charge is 0.328 e. The van der Waals surface area contributed by atoms with Crippen LogP contribution in [0, 0.1) is 0 Å². The molecule has 1 aliphatic heterocycles. The van der Waals surface area contributed by atoms with Gasteiger partial charge in [-0.15, -0.1) is 0 Å². The van der Waals surface area contributed by atoms with E-state index in [1.165, 1.54) is 6.08 Å². The van der Waals surface area contributed by atoms with Gasteiger partial charge in [-0.1, -0.05) is 22.0 Å². The van der Waals surface area contributed by atoms with Crippen molar-refractivity contribution < 1.29 is 9.90 Å². The van der Waals surface area contributed by atoms with Gasteiger partial charge in [-0.2, -0.15) is 11.8 Å². The Bertz CT molecular complexity index is 504. The Morgan fingerprint density at radius 1 is 1.58 bits per heavy atom. The van der Waals surface area contributed by atoms with Gasteiger partial charge in [0.1, 0.15) is 0 Å². The third-order valence-electron chi connectivity index (χ3n) is 3.08. The highest BCUT2D eigenvalue weighted by Crippen LogP contribution is 2.30. The van der Waals surface area contributed by atoms with Gasteiger partial charge in [-0.3, -0.25) is 0 Å². The van der Waals surface area contributed by atoms with Crippen molar-refractivity contribution in [2.75, 3.05) is 23.0 Å². The Labute approximate surface area is 125 Å². The van der Waals surface area contributed by atoms with Crippen LogP contribution in [0.1, 0.15) is 12.5 Å². The summed E-state index contributed by atoms with van der Waals surface area (Å²) in [6.45, 7) is 3.20. The van der Waals surface area contributed by atoms with Gasteiger partial charge in [0, 0.05) is 40.3 Å². The quantitative estimate of drug-likeness (QED) is 0.854. The minimum absolute atomic E-state index is 0.463. The highest BCUT2D eigenvalue weighted by Gasteiger charge is 2.20. The second-order valence-electron chi connectivity index (χ2n) is 4.49. The van der Waals surface area contributed by atoms with Gasteiger partial charge in [0.15, 0.2) is 0 Å². The molecule has 0 spiro atoms. The van der Waals surface area contributed by atoms with E-state index >= 15 is 0 Å². The highest BCUT2D eigenvalue weighted by atomic mass is 79.9. The van der Waals surface area contributed by atoms with Crippen LogP contribution < -0.4 is 4.90 Å². The molecule has 0 aliphatic carbocycles. The molecule has 1 aromatic carbocycles. The lowest BCUT2D eigenvalue weighted by atomic mass is 10.1. The zero-order valence-corrected chi connectivity index (χ0v) is 13.1. The number of rotatable bonds is 3. The van der Waals surface area contributed by atoms with E-state index in [0.29, 0.717) is 6.04 Å². The number of carboxylic acid groups (broad SMARTS) is 1. The first-order chi connectivity index (χ1) is 9.08. The molecule has 1 saturated heterocycles. The Morgan fingerprint density at radius 3 is 3.05 bits per heavy atom. The third-order valence-corrected chi connectivity index (χ3v) is 4.76. The molecule has 1 aliphatic rings. The van der Waals surface area contributed by atoms with Crippen LogP contribution in [0.25, 0.3) is 6.08 Å². The van der Waals surface area contributed by atoms with Crippen molar-refractivity contribution in [3.63, 3.8) is 0 Å². The minimum atomic E-state index is -0.920. The first-order valence-corrected chi connectivity index (χ1v) is 8.07. The molecule has 1 N–H and O–H groups in total. The normalized spacial score (nSPS) is 19.9. The van der Waals surface area contributed by atoms with Gasteiger partial charge in [0.2, 0.25) is 0 Å². The number of hydrogen-bond donors (Lipinski definition) is 1. The summed E-state index contributed by atoms with van der Waals surface area (Å²) in [5.41, 5.74) is 2.05. The molecular weight excluding hydrogens is 326 g/mol. The molecule has 0 radical (unpaired) electrons. The van der Waals surface area contributed by atoms with Crippen LogP contribution in [0.3, 0.4) is 0 Å². The van der Waals surface area contributed by atoms with E-state index in [1.807, 2.05) is 23.9 Å². The molecule has 0 bridgehead atoms. The van der Waals surface area contributed by atoms with Gasteiger partial charge in [0.05, 0.1) is 0 Å². The summed E-state index contributed by atoms with van der Waals surface area (Å²) in [7, 11) is 0. The Morgan fingerprint density at radius 2 is 2.37 bits per heavy atom. The summed E-state index contributed by atoms with van der Waals surface area (Å²) in [6, 6.07) is 6.42. The molecule has 3 nitrogen and oxygen atoms in total. The topological polar surface area (TPSA) is 40.5 Å². The van der Waals surface area contributed by atoms with Crippen molar-refractivity contribution in [1.29, 1.82) is 0 Å². The fraction of sp³-hybridized carbons (Fsp3) is 0.357. The fourth-order valence-corrected chi connectivity index (χ4v) is 3.52. The first kappa shape index (κ1) is 14.5. The van der Waals surface area contributed by atoms with Crippen LogP contribution in [0.5, 0.6) is 0 Å². The lowest BCUT2D eigenvalue weighted by molar-refractivity contribution is -0.131. The first-order valence-electron chi connectivity index (χ1n) is 6.13. The summed E-state index contributed by atoms with van der Waals surface area (Å²) in [4.78, 5) is 13.0. The zero-order valence-electron chi connectivity index (χ0n) is 10.7. The molecule has 0 aromatic heterocycles. The van der Waals surface area contributed by atoms with Crippen LogP contribution in [0.4, 0.5) is 5.69 Å². The van der Waals surface area contributed by atoms with E-state index in [4.69, 9.17) is 5.11 Å². The average molecular weight is 342 g/mol. The van der Waals surface area contributed by atoms with Crippen LogP contribution >= 0.6 is 27.7 Å². The molecular formula is C14H16BrNO2S. The van der Waals surface area contributed by atoms with Crippen molar-refractivity contribution in [1.82, 2.24) is 0 Å². The molecule has 5 heteroatoms. The van der Waals surface area contributed by atoms with Gasteiger partial charge >= 0.3 is 5.97 Å².